The molecule has 3 unspecified atom stereocenters. The Kier molecular flexibility index (Phi) is 25.9. The number of carboxylic acids is 2. The highest BCUT2D eigenvalue weighted by atomic mass is 32.2. The molecule has 3 aliphatic rings. The number of sulfonamides is 1. The smallest absolute Gasteiger partial charge is 0.324 e. The number of amides is 3. The van der Waals surface area contributed by atoms with Gasteiger partial charge >= 0.3 is 17.9 Å². The lowest BCUT2D eigenvalue weighted by atomic mass is 10.1. The summed E-state index contributed by atoms with van der Waals surface area (Å²) in [7, 11) is -5.64. The molecule has 1 aromatic carbocycles. The number of carbonyl (C=O) groups excluding carboxylic acids is 4. The van der Waals surface area contributed by atoms with E-state index in [1.807, 2.05) is 11.0 Å². The predicted molar refractivity (Wildman–Crippen MR) is 293 cm³/mol. The zero-order chi connectivity index (χ0) is 57.5. The fraction of sp³-hybridized carbons (Fsp3) is 0.640. The number of carboxylic acid groups (broad SMARTS) is 2. The summed E-state index contributed by atoms with van der Waals surface area (Å²) in [5, 5.41) is 39.0. The molecule has 2 bridgehead atoms. The summed E-state index contributed by atoms with van der Waals surface area (Å²) in [6.45, 7) is 7.43. The predicted octanol–water partition coefficient (Wildman–Crippen LogP) is -1.45. The molecule has 438 valence electrons. The van der Waals surface area contributed by atoms with Gasteiger partial charge in [-0.15, -0.1) is 0 Å². The number of hydrogen-bond acceptors (Lipinski definition) is 19. The minimum absolute atomic E-state index is 0.0488. The molecule has 11 N–H and O–H groups in total. The van der Waals surface area contributed by atoms with Gasteiger partial charge in [-0.2, -0.15) is 13.1 Å². The van der Waals surface area contributed by atoms with Gasteiger partial charge in [0, 0.05) is 82.6 Å². The van der Waals surface area contributed by atoms with Gasteiger partial charge in [0.05, 0.1) is 33.9 Å². The molecule has 0 spiro atoms. The molecule has 26 nitrogen and oxygen atoms in total. The molecule has 2 fully saturated rings. The molecule has 2 aromatic rings. The van der Waals surface area contributed by atoms with Gasteiger partial charge < -0.3 is 51.6 Å². The second-order valence-electron chi connectivity index (χ2n) is 19.8. The number of aryl methyl sites for hydroxylation is 4. The number of aromatic nitrogens is 1. The van der Waals surface area contributed by atoms with E-state index in [0.29, 0.717) is 77.2 Å². The topological polar surface area (TPSA) is 365 Å². The number of nitrogens with zero attached hydrogens (tertiary/aromatic N) is 3. The monoisotopic (exact) mass is 1160 g/mol. The Labute approximate surface area is 464 Å². The molecule has 0 saturated carbocycles. The van der Waals surface area contributed by atoms with E-state index in [9.17, 15) is 55.3 Å². The molecule has 1 aromatic heterocycles. The van der Waals surface area contributed by atoms with Crippen LogP contribution < -0.4 is 46.7 Å². The minimum Gasteiger partial charge on any atom is -0.494 e. The van der Waals surface area contributed by atoms with Crippen molar-refractivity contribution in [1.82, 2.24) is 51.4 Å². The summed E-state index contributed by atoms with van der Waals surface area (Å²) in [5.41, 5.74) is 2.66. The maximum Gasteiger partial charge on any atom is 0.324 e. The second kappa shape index (κ2) is 32.0. The largest absolute Gasteiger partial charge is 0.494 e. The van der Waals surface area contributed by atoms with Crippen LogP contribution in [-0.2, 0) is 66.5 Å². The van der Waals surface area contributed by atoms with Gasteiger partial charge in [0.2, 0.25) is 27.7 Å². The molecule has 3 aliphatic heterocycles. The van der Waals surface area contributed by atoms with E-state index < -0.39 is 86.5 Å². The number of unbranched alkanes of at least 4 members (excludes halogenated alkanes) is 1. The van der Waals surface area contributed by atoms with Crippen LogP contribution in [0.25, 0.3) is 0 Å². The highest BCUT2D eigenvalue weighted by molar-refractivity contribution is 7.89. The van der Waals surface area contributed by atoms with E-state index in [4.69, 9.17) is 14.6 Å². The maximum absolute atomic E-state index is 13.5. The van der Waals surface area contributed by atoms with E-state index in [-0.39, 0.29) is 85.6 Å². The molecule has 3 amide bonds. The number of nitrogens with one attached hydrogen (secondary N) is 8. The highest BCUT2D eigenvalue weighted by Gasteiger charge is 2.34. The van der Waals surface area contributed by atoms with Crippen molar-refractivity contribution in [3.8, 4) is 5.75 Å². The second-order valence-corrected chi connectivity index (χ2v) is 23.5. The third-order valence-electron chi connectivity index (χ3n) is 13.3. The van der Waals surface area contributed by atoms with Crippen molar-refractivity contribution in [1.29, 1.82) is 0 Å². The summed E-state index contributed by atoms with van der Waals surface area (Å²) in [4.78, 5) is 83.6. The van der Waals surface area contributed by atoms with Crippen LogP contribution in [0, 0.1) is 13.8 Å². The zero-order valence-electron chi connectivity index (χ0n) is 44.9. The van der Waals surface area contributed by atoms with Crippen LogP contribution in [-0.4, -0.2) is 212 Å². The van der Waals surface area contributed by atoms with Crippen molar-refractivity contribution in [3.63, 3.8) is 0 Å². The fourth-order valence-electron chi connectivity index (χ4n) is 9.43. The van der Waals surface area contributed by atoms with Gasteiger partial charge in [-0.3, -0.25) is 48.4 Å². The van der Waals surface area contributed by atoms with Crippen LogP contribution in [0.1, 0.15) is 86.6 Å². The van der Waals surface area contributed by atoms with E-state index in [1.165, 1.54) is 31.5 Å². The summed E-state index contributed by atoms with van der Waals surface area (Å²) >= 11 is 0. The van der Waals surface area contributed by atoms with Crippen molar-refractivity contribution in [2.24, 2.45) is 0 Å². The lowest BCUT2D eigenvalue weighted by molar-refractivity contribution is -0.156. The van der Waals surface area contributed by atoms with Crippen LogP contribution >= 0.6 is 0 Å². The lowest BCUT2D eigenvalue weighted by Gasteiger charge is -2.31. The number of pyridine rings is 1. The summed E-state index contributed by atoms with van der Waals surface area (Å²) in [5.74, 6) is -3.89. The molecular formula is C50H77N11O15S2Si. The summed E-state index contributed by atoms with van der Waals surface area (Å²) in [6, 6.07) is 3.38. The Bertz CT molecular complexity index is 2650. The Hall–Kier alpha value is -5.66. The Morgan fingerprint density at radius 3 is 2.34 bits per heavy atom. The van der Waals surface area contributed by atoms with Crippen molar-refractivity contribution in [2.45, 2.75) is 120 Å². The minimum atomic E-state index is -4.59. The number of carbonyl (C=O) groups is 6. The number of esters is 1. The number of rotatable bonds is 33. The number of fused-ring (bicyclic) bond motifs is 5. The first-order valence-corrected chi connectivity index (χ1v) is 30.3. The van der Waals surface area contributed by atoms with Crippen LogP contribution in [0.4, 0.5) is 5.82 Å². The van der Waals surface area contributed by atoms with Gasteiger partial charge in [-0.05, 0) is 126 Å². The summed E-state index contributed by atoms with van der Waals surface area (Å²) < 4.78 is 74.6. The van der Waals surface area contributed by atoms with Crippen molar-refractivity contribution in [2.75, 3.05) is 96.2 Å². The molecule has 2 radical (unpaired) electrons. The van der Waals surface area contributed by atoms with Crippen molar-refractivity contribution in [3.05, 3.63) is 46.6 Å². The Morgan fingerprint density at radius 2 is 1.61 bits per heavy atom. The van der Waals surface area contributed by atoms with Crippen molar-refractivity contribution >= 4 is 76.7 Å². The number of aliphatic carboxylic acids is 2. The van der Waals surface area contributed by atoms with E-state index in [1.54, 1.807) is 0 Å². The van der Waals surface area contributed by atoms with Gasteiger partial charge in [-0.25, -0.2) is 13.4 Å². The zero-order valence-corrected chi connectivity index (χ0v) is 47.5. The van der Waals surface area contributed by atoms with Gasteiger partial charge in [0.1, 0.15) is 29.4 Å². The first kappa shape index (κ1) is 64.2. The molecule has 0 aliphatic carbocycles. The van der Waals surface area contributed by atoms with E-state index in [2.05, 4.69) is 67.7 Å². The van der Waals surface area contributed by atoms with E-state index >= 15 is 0 Å². The number of anilines is 1. The van der Waals surface area contributed by atoms with Gasteiger partial charge in [0.25, 0.3) is 10.1 Å². The van der Waals surface area contributed by atoms with Gasteiger partial charge in [0.15, 0.2) is 6.23 Å². The van der Waals surface area contributed by atoms with E-state index in [0.717, 1.165) is 37.3 Å². The number of benzene rings is 1. The average Bonchev–Trinajstić information content (AvgIpc) is 3.49. The third-order valence-corrected chi connectivity index (χ3v) is 16.4. The Balaban J connectivity index is 0.998. The van der Waals surface area contributed by atoms with Gasteiger partial charge in [-0.1, -0.05) is 6.07 Å². The molecule has 2 saturated heterocycles. The normalized spacial score (nSPS) is 18.6. The van der Waals surface area contributed by atoms with Crippen molar-refractivity contribution < 1.29 is 69.8 Å². The molecule has 5 rings (SSSR count). The lowest BCUT2D eigenvalue weighted by Crippen LogP contribution is -2.52. The molecule has 4 heterocycles. The standard InChI is InChI=1S/C50H77N11O15S2Si/c1-33-27-37(28-34(2)46(33)78(73,74)59-38(49(67)68)29-56-42(63)11-4-3-10-36-14-13-35-9-5-18-54-47(35)57-36)75-26-6-12-41(62)52-20-21-55-48(79)39(32-77(70,71)72)58-43(64)16-15-40-50(69)76-44-31-60(22-7-17-51-30-45(65)66)24-25-61(40)23-8-19-53-44/h13-14,27-28,38-40,44,51,53,55,59H,3-12,15-26,29-32H2,1-2H3,(H,52,62)(H,54,57)(H,56,63)(H,58,64)(H,65,66)(H,67,68)(H,70,71,72)/t38?,39-,40?,44-/m0/s1. The average molecular weight is 1160 g/mol. The molecule has 79 heavy (non-hydrogen) atoms. The third kappa shape index (κ3) is 22.8. The first-order chi connectivity index (χ1) is 37.6. The van der Waals surface area contributed by atoms with Crippen LogP contribution in [0.5, 0.6) is 5.75 Å². The fourth-order valence-corrected chi connectivity index (χ4v) is 12.2. The van der Waals surface area contributed by atoms with Crippen LogP contribution in [0.15, 0.2) is 29.2 Å². The molecule has 29 heteroatoms. The molecular weight excluding hydrogens is 1090 g/mol. The highest BCUT2D eigenvalue weighted by Crippen LogP contribution is 2.27. The SMILES string of the molecule is Cc1cc(OCCCC(=O)NCCNC(=[Si])[C@H](CS(=O)(=O)O)NC(=O)CCC2C(=O)O[C@H]3CN(CCCNCC(=O)O)CCN2CCCN3)cc(C)c1S(=O)(=O)NC(CNC(=O)CCCCc1ccc2c(n1)NCCC2)C(=O)O. The van der Waals surface area contributed by atoms with Crippen LogP contribution in [0.2, 0.25) is 0 Å². The number of hydrogen-bond donors (Lipinski definition) is 11. The number of ether oxygens (including phenoxy) is 2. The Morgan fingerprint density at radius 1 is 0.873 bits per heavy atom. The quantitative estimate of drug-likeness (QED) is 0.0168. The van der Waals surface area contributed by atoms with Crippen LogP contribution in [0.3, 0.4) is 0 Å². The summed E-state index contributed by atoms with van der Waals surface area (Å²) in [6.07, 6.45) is 5.09. The molecule has 5 atom stereocenters. The maximum atomic E-state index is 13.5. The first-order valence-electron chi connectivity index (χ1n) is 26.7.